The molecule has 0 aromatic heterocycles. The van der Waals surface area contributed by atoms with E-state index in [1.54, 1.807) is 83.1 Å². The summed E-state index contributed by atoms with van der Waals surface area (Å²) >= 11 is 0. The van der Waals surface area contributed by atoms with Crippen LogP contribution in [0, 0.1) is 0 Å². The Morgan fingerprint density at radius 3 is 1.54 bits per heavy atom. The van der Waals surface area contributed by atoms with E-state index in [0.717, 1.165) is 29.7 Å². The number of carbonyl (C=O) groups excluding carboxylic acids is 7. The van der Waals surface area contributed by atoms with Gasteiger partial charge in [-0.3, -0.25) is 4.79 Å². The molecule has 4 atom stereocenters. The van der Waals surface area contributed by atoms with Crippen molar-refractivity contribution in [2.24, 2.45) is 0 Å². The molecule has 1 fully saturated rings. The van der Waals surface area contributed by atoms with Gasteiger partial charge in [0.1, 0.15) is 53.5 Å². The van der Waals surface area contributed by atoms with Crippen LogP contribution in [0.5, 0.6) is 0 Å². The summed E-state index contributed by atoms with van der Waals surface area (Å²) in [5.41, 5.74) is -0.0718. The minimum atomic E-state index is -1.06. The first-order valence-electron chi connectivity index (χ1n) is 23.5. The highest BCUT2D eigenvalue weighted by Crippen LogP contribution is 2.20. The molecule has 2 aliphatic rings. The molecule has 2 aliphatic heterocycles. The monoisotopic (exact) mass is 1000 g/mol. The van der Waals surface area contributed by atoms with Gasteiger partial charge in [-0.25, -0.2) is 24.0 Å². The fraction of sp³-hybridized carbons (Fsp3) is 0.596. The number of Topliss-reactive ketones (excluding diaryl/α,β-unsaturated/α-hetero) is 1. The van der Waals surface area contributed by atoms with Gasteiger partial charge in [0.2, 0.25) is 0 Å². The SMILES string of the molecule is CC(=O)CC[C@H](NC(=O)OC(C)(C)C)C(=O)OCc1ccccc1.CC(C)(C)OC(=O)OC(=O)OC(C)(C)C.CC1=[N+](C(=O)OC(C)(C)C)[C@H](C(=O)OCc2ccccc2)CC1.CC1CC[C@@H](C(=O)O)N1. The van der Waals surface area contributed by atoms with E-state index in [0.29, 0.717) is 18.9 Å². The summed E-state index contributed by atoms with van der Waals surface area (Å²) in [5, 5.41) is 13.9. The first-order chi connectivity index (χ1) is 32.6. The third-order valence-electron chi connectivity index (χ3n) is 9.19. The average Bonchev–Trinajstić information content (AvgIpc) is 3.84. The number of hydrogen-bond acceptors (Lipinski definition) is 16. The fourth-order valence-corrected chi connectivity index (χ4v) is 6.11. The molecule has 2 aromatic rings. The Hall–Kier alpha value is -6.37. The summed E-state index contributed by atoms with van der Waals surface area (Å²) in [6.07, 6.45) is 0.0231. The summed E-state index contributed by atoms with van der Waals surface area (Å²) in [5.74, 6) is -1.77. The summed E-state index contributed by atoms with van der Waals surface area (Å²) in [7, 11) is 0. The van der Waals surface area contributed by atoms with Gasteiger partial charge < -0.3 is 53.7 Å². The molecule has 1 unspecified atom stereocenters. The molecule has 0 saturated carbocycles. The number of ether oxygens (including phenoxy) is 7. The van der Waals surface area contributed by atoms with Crippen LogP contribution in [0.15, 0.2) is 60.7 Å². The van der Waals surface area contributed by atoms with Crippen molar-refractivity contribution in [3.8, 4) is 0 Å². The van der Waals surface area contributed by atoms with Crippen LogP contribution >= 0.6 is 0 Å². The maximum atomic E-state index is 12.4. The Morgan fingerprint density at radius 1 is 0.676 bits per heavy atom. The van der Waals surface area contributed by atoms with E-state index >= 15 is 0 Å². The second-order valence-corrected chi connectivity index (χ2v) is 20.8. The number of rotatable bonds is 11. The minimum absolute atomic E-state index is 0.0677. The second kappa shape index (κ2) is 29.1. The summed E-state index contributed by atoms with van der Waals surface area (Å²) in [4.78, 5) is 92.3. The molecule has 19 nitrogen and oxygen atoms in total. The zero-order valence-corrected chi connectivity index (χ0v) is 44.3. The lowest BCUT2D eigenvalue weighted by Gasteiger charge is -2.22. The molecular formula is C52H78N3O16+. The normalized spacial score (nSPS) is 16.9. The van der Waals surface area contributed by atoms with E-state index in [4.69, 9.17) is 33.5 Å². The van der Waals surface area contributed by atoms with E-state index in [-0.39, 0.29) is 37.9 Å². The van der Waals surface area contributed by atoms with Crippen molar-refractivity contribution in [3.63, 3.8) is 0 Å². The number of alkyl carbamates (subject to hydrolysis) is 1. The second-order valence-electron chi connectivity index (χ2n) is 20.8. The van der Waals surface area contributed by atoms with Crippen LogP contribution in [-0.2, 0) is 65.5 Å². The molecule has 396 valence electrons. The van der Waals surface area contributed by atoms with E-state index in [1.165, 1.54) is 11.5 Å². The number of benzene rings is 2. The lowest BCUT2D eigenvalue weighted by molar-refractivity contribution is -0.473. The molecule has 2 aromatic carbocycles. The van der Waals surface area contributed by atoms with Crippen molar-refractivity contribution in [1.82, 2.24) is 10.6 Å². The van der Waals surface area contributed by atoms with Gasteiger partial charge in [-0.2, -0.15) is 4.79 Å². The smallest absolute Gasteiger partial charge is 0.480 e. The molecule has 19 heteroatoms. The lowest BCUT2D eigenvalue weighted by Crippen LogP contribution is -2.44. The van der Waals surface area contributed by atoms with Crippen molar-refractivity contribution in [2.75, 3.05) is 0 Å². The van der Waals surface area contributed by atoms with Crippen LogP contribution in [0.2, 0.25) is 0 Å². The fourth-order valence-electron chi connectivity index (χ4n) is 6.11. The Kier molecular flexibility index (Phi) is 25.7. The van der Waals surface area contributed by atoms with E-state index in [9.17, 15) is 38.4 Å². The summed E-state index contributed by atoms with van der Waals surface area (Å²) in [6.45, 7) is 26.2. The lowest BCUT2D eigenvalue weighted by atomic mass is 10.1. The number of amides is 2. The van der Waals surface area contributed by atoms with E-state index in [2.05, 4.69) is 15.4 Å². The highest BCUT2D eigenvalue weighted by Gasteiger charge is 2.45. The van der Waals surface area contributed by atoms with E-state index in [1.807, 2.05) is 74.5 Å². The Labute approximate surface area is 418 Å². The maximum Gasteiger partial charge on any atom is 0.597 e. The van der Waals surface area contributed by atoms with Gasteiger partial charge in [-0.05, 0) is 127 Å². The van der Waals surface area contributed by atoms with Crippen molar-refractivity contribution in [3.05, 3.63) is 71.8 Å². The number of nitrogens with one attached hydrogen (secondary N) is 2. The van der Waals surface area contributed by atoms with Crippen LogP contribution < -0.4 is 10.6 Å². The third kappa shape index (κ3) is 29.4. The molecule has 0 aliphatic carbocycles. The Bertz CT molecular complexity index is 2070. The minimum Gasteiger partial charge on any atom is -0.480 e. The molecule has 0 radical (unpaired) electrons. The van der Waals surface area contributed by atoms with Gasteiger partial charge in [-0.1, -0.05) is 60.7 Å². The van der Waals surface area contributed by atoms with Crippen LogP contribution in [0.4, 0.5) is 19.2 Å². The molecule has 2 heterocycles. The third-order valence-corrected chi connectivity index (χ3v) is 9.19. The highest BCUT2D eigenvalue weighted by molar-refractivity contribution is 5.88. The number of carbonyl (C=O) groups is 8. The van der Waals surface area contributed by atoms with Gasteiger partial charge in [0, 0.05) is 32.2 Å². The number of carboxylic acid groups (broad SMARTS) is 1. The predicted octanol–water partition coefficient (Wildman–Crippen LogP) is 9.38. The average molecular weight is 1000 g/mol. The maximum absolute atomic E-state index is 12.4. The summed E-state index contributed by atoms with van der Waals surface area (Å²) in [6, 6.07) is 17.3. The van der Waals surface area contributed by atoms with Gasteiger partial charge >= 0.3 is 42.4 Å². The highest BCUT2D eigenvalue weighted by atomic mass is 16.8. The molecule has 0 spiro atoms. The molecule has 3 N–H and O–H groups in total. The standard InChI is InChI=1S/C18H25NO5.C18H24NO4.C10H18O5.C6H11NO2/c1-13(20)10-11-15(19-17(22)24-18(2,3)4)16(21)23-12-14-8-6-5-7-9-14;1-13-10-11-15(19(13)17(21)23-18(2,3)4)16(20)22-12-14-8-6-5-7-9-14;1-9(2,3)14-7(11)13-8(12)15-10(4,5)6;1-4-2-3-5(7-4)6(8)9/h5-9,15H,10-12H2,1-4H3,(H,19,22);5-9,15H,10-12H2,1-4H3;1-6H3;4-5,7H,2-3H2,1H3,(H,8,9)/q;+1;;/t2*15-;;4?,5-/m00.0/s1. The number of ketones is 1. The van der Waals surface area contributed by atoms with Crippen molar-refractivity contribution < 1.29 is 81.2 Å². The topological polar surface area (TPSA) is 248 Å². The molecule has 71 heavy (non-hydrogen) atoms. The van der Waals surface area contributed by atoms with Crippen molar-refractivity contribution in [2.45, 2.75) is 202 Å². The van der Waals surface area contributed by atoms with E-state index < -0.39 is 76.9 Å². The molecule has 0 bridgehead atoms. The zero-order valence-electron chi connectivity index (χ0n) is 44.3. The van der Waals surface area contributed by atoms with Crippen LogP contribution in [0.3, 0.4) is 0 Å². The van der Waals surface area contributed by atoms with Gasteiger partial charge in [0.05, 0.1) is 0 Å². The summed E-state index contributed by atoms with van der Waals surface area (Å²) < 4.78 is 36.4. The number of carboxylic acids is 1. The Morgan fingerprint density at radius 2 is 1.14 bits per heavy atom. The molecule has 1 saturated heterocycles. The molecule has 4 rings (SSSR count). The molecular weight excluding hydrogens is 923 g/mol. The van der Waals surface area contributed by atoms with Crippen LogP contribution in [-0.4, -0.2) is 110 Å². The van der Waals surface area contributed by atoms with Crippen molar-refractivity contribution >= 4 is 53.9 Å². The Balaban J connectivity index is 0.000000499. The number of aliphatic carboxylic acids is 1. The van der Waals surface area contributed by atoms with Crippen LogP contribution in [0.1, 0.15) is 154 Å². The zero-order chi connectivity index (χ0) is 54.3. The van der Waals surface area contributed by atoms with Gasteiger partial charge in [-0.15, -0.1) is 4.58 Å². The molecule has 2 amide bonds. The quantitative estimate of drug-likeness (QED) is 0.0820. The van der Waals surface area contributed by atoms with Gasteiger partial charge in [0.25, 0.3) is 6.04 Å². The number of esters is 2. The number of nitrogens with zero attached hydrogens (tertiary/aromatic N) is 1. The predicted molar refractivity (Wildman–Crippen MR) is 263 cm³/mol. The van der Waals surface area contributed by atoms with Crippen molar-refractivity contribution in [1.29, 1.82) is 0 Å². The first kappa shape index (κ1) is 62.6. The first-order valence-corrected chi connectivity index (χ1v) is 23.5. The number of hydrogen-bond donors (Lipinski definition) is 3. The van der Waals surface area contributed by atoms with Crippen LogP contribution in [0.25, 0.3) is 0 Å². The largest absolute Gasteiger partial charge is 0.597 e. The van der Waals surface area contributed by atoms with Gasteiger partial charge in [0.15, 0.2) is 5.71 Å².